The fourth-order valence-corrected chi connectivity index (χ4v) is 3.53. The van der Waals surface area contributed by atoms with Crippen molar-refractivity contribution < 1.29 is 5.11 Å². The number of hydrogen-bond acceptors (Lipinski definition) is 2. The number of hydrogen-bond donors (Lipinski definition) is 2. The minimum absolute atomic E-state index is 0.537. The number of nitrogens with zero attached hydrogens (tertiary/aromatic N) is 2. The largest absolute Gasteiger partial charge is 0.388 e. The Bertz CT molecular complexity index is 525. The lowest BCUT2D eigenvalue weighted by Gasteiger charge is -2.35. The number of nitrogens with one attached hydrogen (secondary N) is 1. The Morgan fingerprint density at radius 3 is 2.78 bits per heavy atom. The summed E-state index contributed by atoms with van der Waals surface area (Å²) >= 11 is 0. The molecule has 2 aliphatic rings. The summed E-state index contributed by atoms with van der Waals surface area (Å²) in [5.74, 6) is 1.66. The number of rotatable bonds is 5. The zero-order valence-electron chi connectivity index (χ0n) is 14.2. The van der Waals surface area contributed by atoms with Crippen molar-refractivity contribution >= 4 is 5.96 Å². The molecule has 1 aliphatic heterocycles. The van der Waals surface area contributed by atoms with Crippen LogP contribution in [0.15, 0.2) is 35.3 Å². The van der Waals surface area contributed by atoms with E-state index in [-0.39, 0.29) is 0 Å². The van der Waals surface area contributed by atoms with Gasteiger partial charge in [0, 0.05) is 19.6 Å². The van der Waals surface area contributed by atoms with Gasteiger partial charge in [-0.2, -0.15) is 0 Å². The topological polar surface area (TPSA) is 47.9 Å². The highest BCUT2D eigenvalue weighted by molar-refractivity contribution is 5.80. The first-order valence-electron chi connectivity index (χ1n) is 8.98. The van der Waals surface area contributed by atoms with Crippen molar-refractivity contribution in [2.24, 2.45) is 10.9 Å². The second-order valence-electron chi connectivity index (χ2n) is 7.04. The number of guanidine groups is 1. The van der Waals surface area contributed by atoms with Gasteiger partial charge in [0.15, 0.2) is 5.96 Å². The molecule has 1 aliphatic carbocycles. The van der Waals surface area contributed by atoms with E-state index in [2.05, 4.69) is 47.5 Å². The van der Waals surface area contributed by atoms with E-state index < -0.39 is 5.60 Å². The third-order valence-electron chi connectivity index (χ3n) is 5.09. The lowest BCUT2D eigenvalue weighted by Crippen LogP contribution is -2.44. The van der Waals surface area contributed by atoms with Gasteiger partial charge in [-0.05, 0) is 50.5 Å². The van der Waals surface area contributed by atoms with Crippen molar-refractivity contribution in [1.82, 2.24) is 10.2 Å². The van der Waals surface area contributed by atoms with Gasteiger partial charge in [-0.15, -0.1) is 0 Å². The molecule has 3 rings (SSSR count). The first kappa shape index (κ1) is 16.3. The molecule has 1 aromatic carbocycles. The molecule has 0 spiro atoms. The Morgan fingerprint density at radius 2 is 2.13 bits per heavy atom. The van der Waals surface area contributed by atoms with E-state index in [1.807, 2.05) is 0 Å². The van der Waals surface area contributed by atoms with Crippen LogP contribution >= 0.6 is 0 Å². The average molecular weight is 315 g/mol. The monoisotopic (exact) mass is 315 g/mol. The van der Waals surface area contributed by atoms with Crippen LogP contribution in [0.3, 0.4) is 0 Å². The maximum Gasteiger partial charge on any atom is 0.194 e. The normalized spacial score (nSPS) is 23.7. The van der Waals surface area contributed by atoms with Crippen molar-refractivity contribution in [1.29, 1.82) is 0 Å². The average Bonchev–Trinajstić information content (AvgIpc) is 2.99. The summed E-state index contributed by atoms with van der Waals surface area (Å²) in [5.41, 5.74) is 0.883. The Kier molecular flexibility index (Phi) is 5.21. The van der Waals surface area contributed by atoms with Gasteiger partial charge in [0.1, 0.15) is 0 Å². The van der Waals surface area contributed by atoms with Crippen LogP contribution in [0, 0.1) is 5.92 Å². The fourth-order valence-electron chi connectivity index (χ4n) is 3.53. The van der Waals surface area contributed by atoms with Crippen LogP contribution in [0.1, 0.15) is 38.2 Å². The lowest BCUT2D eigenvalue weighted by atomic mass is 9.80. The molecule has 1 unspecified atom stereocenters. The maximum atomic E-state index is 10.3. The number of likely N-dealkylation sites (tertiary alicyclic amines) is 1. The smallest absolute Gasteiger partial charge is 0.194 e. The van der Waals surface area contributed by atoms with Crippen LogP contribution < -0.4 is 5.32 Å². The van der Waals surface area contributed by atoms with Crippen LogP contribution in [-0.2, 0) is 6.42 Å². The third-order valence-corrected chi connectivity index (χ3v) is 5.09. The molecule has 126 valence electrons. The van der Waals surface area contributed by atoms with Crippen molar-refractivity contribution in [3.05, 3.63) is 35.9 Å². The van der Waals surface area contributed by atoms with Gasteiger partial charge < -0.3 is 15.3 Å². The van der Waals surface area contributed by atoms with E-state index in [9.17, 15) is 5.11 Å². The minimum Gasteiger partial charge on any atom is -0.388 e. The molecule has 2 N–H and O–H groups in total. The van der Waals surface area contributed by atoms with Gasteiger partial charge in [0.2, 0.25) is 0 Å². The Hall–Kier alpha value is -1.55. The highest BCUT2D eigenvalue weighted by Gasteiger charge is 2.34. The molecule has 0 aromatic heterocycles. The first-order chi connectivity index (χ1) is 11.2. The molecule has 1 saturated heterocycles. The molecular formula is C19H29N3O. The van der Waals surface area contributed by atoms with Gasteiger partial charge in [0.25, 0.3) is 0 Å². The van der Waals surface area contributed by atoms with E-state index in [1.165, 1.54) is 12.0 Å². The second kappa shape index (κ2) is 7.35. The molecule has 1 heterocycles. The predicted molar refractivity (Wildman–Crippen MR) is 94.6 cm³/mol. The Morgan fingerprint density at radius 1 is 1.35 bits per heavy atom. The summed E-state index contributed by atoms with van der Waals surface area (Å²) in [4.78, 5) is 7.07. The third kappa shape index (κ3) is 4.25. The van der Waals surface area contributed by atoms with E-state index in [1.54, 1.807) is 0 Å². The molecule has 23 heavy (non-hydrogen) atoms. The van der Waals surface area contributed by atoms with Crippen molar-refractivity contribution in [2.45, 2.75) is 44.6 Å². The van der Waals surface area contributed by atoms with E-state index >= 15 is 0 Å². The number of benzene rings is 1. The van der Waals surface area contributed by atoms with Gasteiger partial charge in [-0.3, -0.25) is 4.99 Å². The molecule has 0 radical (unpaired) electrons. The quantitative estimate of drug-likeness (QED) is 0.648. The van der Waals surface area contributed by atoms with Crippen LogP contribution in [0.25, 0.3) is 0 Å². The van der Waals surface area contributed by atoms with Crippen LogP contribution in [0.5, 0.6) is 0 Å². The maximum absolute atomic E-state index is 10.3. The van der Waals surface area contributed by atoms with Gasteiger partial charge in [-0.25, -0.2) is 0 Å². The molecule has 4 heteroatoms. The fraction of sp³-hybridized carbons (Fsp3) is 0.632. The summed E-state index contributed by atoms with van der Waals surface area (Å²) in [6.07, 6.45) is 5.27. The molecule has 4 nitrogen and oxygen atoms in total. The molecule has 1 saturated carbocycles. The molecule has 2 fully saturated rings. The van der Waals surface area contributed by atoms with Gasteiger partial charge in [0.05, 0.1) is 12.1 Å². The standard InChI is InChI=1S/C19H29N3O/c1-2-20-18(21-15-19(23)10-6-11-19)22-12-9-17(14-22)13-16-7-4-3-5-8-16/h3-5,7-8,17,23H,2,6,9-15H2,1H3,(H,20,21). The predicted octanol–water partition coefficient (Wildman–Crippen LogP) is 2.43. The minimum atomic E-state index is -0.538. The summed E-state index contributed by atoms with van der Waals surface area (Å²) in [6, 6.07) is 10.7. The molecule has 1 atom stereocenters. The van der Waals surface area contributed by atoms with Crippen LogP contribution in [0.2, 0.25) is 0 Å². The summed E-state index contributed by atoms with van der Waals surface area (Å²) < 4.78 is 0. The molecule has 0 amide bonds. The van der Waals surface area contributed by atoms with Crippen molar-refractivity contribution in [3.8, 4) is 0 Å². The zero-order chi connectivity index (χ0) is 16.1. The highest BCUT2D eigenvalue weighted by Crippen LogP contribution is 2.31. The highest BCUT2D eigenvalue weighted by atomic mass is 16.3. The van der Waals surface area contributed by atoms with Crippen LogP contribution in [-0.4, -0.2) is 47.7 Å². The van der Waals surface area contributed by atoms with E-state index in [0.717, 1.165) is 51.3 Å². The van der Waals surface area contributed by atoms with Crippen LogP contribution in [0.4, 0.5) is 0 Å². The second-order valence-corrected chi connectivity index (χ2v) is 7.04. The molecule has 0 bridgehead atoms. The van der Waals surface area contributed by atoms with E-state index in [4.69, 9.17) is 4.99 Å². The first-order valence-corrected chi connectivity index (χ1v) is 8.98. The number of aliphatic imine (C=N–C) groups is 1. The zero-order valence-corrected chi connectivity index (χ0v) is 14.2. The Labute approximate surface area is 139 Å². The summed E-state index contributed by atoms with van der Waals surface area (Å²) in [5, 5.41) is 13.7. The number of aliphatic hydroxyl groups is 1. The van der Waals surface area contributed by atoms with Crippen molar-refractivity contribution in [2.75, 3.05) is 26.2 Å². The van der Waals surface area contributed by atoms with Gasteiger partial charge >= 0.3 is 0 Å². The summed E-state index contributed by atoms with van der Waals surface area (Å²) in [7, 11) is 0. The summed E-state index contributed by atoms with van der Waals surface area (Å²) in [6.45, 7) is 5.62. The van der Waals surface area contributed by atoms with Crippen molar-refractivity contribution in [3.63, 3.8) is 0 Å². The molecule has 1 aromatic rings. The van der Waals surface area contributed by atoms with Gasteiger partial charge in [-0.1, -0.05) is 30.3 Å². The SMILES string of the molecule is CCNC(=NCC1(O)CCC1)N1CCC(Cc2ccccc2)C1. The Balaban J connectivity index is 1.57. The molecular weight excluding hydrogens is 286 g/mol. The lowest BCUT2D eigenvalue weighted by molar-refractivity contribution is -0.0237. The van der Waals surface area contributed by atoms with E-state index in [0.29, 0.717) is 12.5 Å².